The first kappa shape index (κ1) is 23.5. The van der Waals surface area contributed by atoms with Gasteiger partial charge < -0.3 is 15.5 Å². The van der Waals surface area contributed by atoms with Crippen LogP contribution >= 0.6 is 35.3 Å². The average Bonchev–Trinajstić information content (AvgIpc) is 3.16. The van der Waals surface area contributed by atoms with Crippen LogP contribution in [0.25, 0.3) is 0 Å². The maximum Gasteiger partial charge on any atom is 0.224 e. The van der Waals surface area contributed by atoms with Gasteiger partial charge in [-0.25, -0.2) is 13.8 Å². The molecule has 1 aliphatic heterocycles. The van der Waals surface area contributed by atoms with Crippen molar-refractivity contribution in [1.82, 2.24) is 15.5 Å². The maximum absolute atomic E-state index is 13.7. The minimum Gasteiger partial charge on any atom is -0.357 e. The summed E-state index contributed by atoms with van der Waals surface area (Å²) in [7, 11) is 0. The van der Waals surface area contributed by atoms with Gasteiger partial charge >= 0.3 is 0 Å². The standard InChI is InChI=1S/C20H24F2N4OS.HI/c1-2-23-20(25-12-15-11-16(21)3-4-17(15)22)24-8-5-19(27)26-9-6-18-14(13-26)7-10-28-18;/h3-4,7,10-11H,2,5-6,8-9,12-13H2,1H3,(H2,23,24,25);1H. The number of carbonyl (C=O) groups is 1. The largest absolute Gasteiger partial charge is 0.357 e. The van der Waals surface area contributed by atoms with E-state index >= 15 is 0 Å². The van der Waals surface area contributed by atoms with Gasteiger partial charge in [0.1, 0.15) is 11.6 Å². The lowest BCUT2D eigenvalue weighted by molar-refractivity contribution is -0.131. The van der Waals surface area contributed by atoms with Gasteiger partial charge in [-0.2, -0.15) is 0 Å². The number of nitrogens with one attached hydrogen (secondary N) is 2. The van der Waals surface area contributed by atoms with Gasteiger partial charge in [0.05, 0.1) is 6.54 Å². The number of aliphatic imine (C=N–C) groups is 1. The molecule has 0 atom stereocenters. The molecule has 0 saturated heterocycles. The third kappa shape index (κ3) is 6.63. The summed E-state index contributed by atoms with van der Waals surface area (Å²) in [6, 6.07) is 5.40. The Morgan fingerprint density at radius 2 is 2.10 bits per heavy atom. The predicted molar refractivity (Wildman–Crippen MR) is 123 cm³/mol. The molecule has 1 aromatic heterocycles. The molecule has 0 bridgehead atoms. The van der Waals surface area contributed by atoms with E-state index in [4.69, 9.17) is 0 Å². The molecule has 0 spiro atoms. The summed E-state index contributed by atoms with van der Waals surface area (Å²) < 4.78 is 27.0. The highest BCUT2D eigenvalue weighted by Crippen LogP contribution is 2.24. The third-order valence-electron chi connectivity index (χ3n) is 4.55. The molecule has 3 rings (SSSR count). The number of nitrogens with zero attached hydrogens (tertiary/aromatic N) is 2. The molecule has 1 aliphatic rings. The predicted octanol–water partition coefficient (Wildman–Crippen LogP) is 3.67. The fraction of sp³-hybridized carbons (Fsp3) is 0.400. The van der Waals surface area contributed by atoms with Crippen molar-refractivity contribution in [1.29, 1.82) is 0 Å². The molecular formula is C20H25F2IN4OS. The number of carbonyl (C=O) groups excluding carboxylic acids is 1. The molecule has 5 nitrogen and oxygen atoms in total. The summed E-state index contributed by atoms with van der Waals surface area (Å²) in [5, 5.41) is 8.21. The fourth-order valence-corrected chi connectivity index (χ4v) is 3.97. The van der Waals surface area contributed by atoms with Crippen molar-refractivity contribution in [3.05, 3.63) is 57.3 Å². The maximum atomic E-state index is 13.7. The van der Waals surface area contributed by atoms with Crippen molar-refractivity contribution in [2.75, 3.05) is 19.6 Å². The summed E-state index contributed by atoms with van der Waals surface area (Å²) in [6.07, 6.45) is 1.26. The Morgan fingerprint density at radius 3 is 2.90 bits per heavy atom. The minimum absolute atomic E-state index is 0. The normalized spacial score (nSPS) is 13.5. The second-order valence-electron chi connectivity index (χ2n) is 6.54. The number of rotatable bonds is 6. The lowest BCUT2D eigenvalue weighted by atomic mass is 10.1. The van der Waals surface area contributed by atoms with E-state index in [-0.39, 0.29) is 42.0 Å². The Balaban J connectivity index is 0.00000300. The van der Waals surface area contributed by atoms with Crippen molar-refractivity contribution in [2.24, 2.45) is 4.99 Å². The van der Waals surface area contributed by atoms with E-state index in [1.165, 1.54) is 10.4 Å². The Bertz CT molecular complexity index is 859. The number of hydrogen-bond acceptors (Lipinski definition) is 3. The van der Waals surface area contributed by atoms with Crippen LogP contribution in [-0.4, -0.2) is 36.4 Å². The van der Waals surface area contributed by atoms with Crippen LogP contribution in [0.3, 0.4) is 0 Å². The topological polar surface area (TPSA) is 56.7 Å². The van der Waals surface area contributed by atoms with Crippen LogP contribution in [0.5, 0.6) is 0 Å². The van der Waals surface area contributed by atoms with Crippen LogP contribution in [-0.2, 0) is 24.3 Å². The zero-order chi connectivity index (χ0) is 19.9. The number of fused-ring (bicyclic) bond motifs is 1. The van der Waals surface area contributed by atoms with E-state index in [1.807, 2.05) is 11.8 Å². The first-order valence-electron chi connectivity index (χ1n) is 9.36. The van der Waals surface area contributed by atoms with Crippen LogP contribution in [0.2, 0.25) is 0 Å². The highest BCUT2D eigenvalue weighted by atomic mass is 127. The molecule has 2 heterocycles. The number of amides is 1. The molecule has 1 amide bonds. The van der Waals surface area contributed by atoms with Crippen molar-refractivity contribution >= 4 is 47.2 Å². The average molecular weight is 534 g/mol. The quantitative estimate of drug-likeness (QED) is 0.338. The van der Waals surface area contributed by atoms with E-state index < -0.39 is 11.6 Å². The number of halogens is 3. The monoisotopic (exact) mass is 534 g/mol. The van der Waals surface area contributed by atoms with E-state index in [1.54, 1.807) is 11.3 Å². The van der Waals surface area contributed by atoms with Gasteiger partial charge in [-0.05, 0) is 48.6 Å². The minimum atomic E-state index is -0.495. The first-order chi connectivity index (χ1) is 13.6. The van der Waals surface area contributed by atoms with E-state index in [0.717, 1.165) is 31.2 Å². The van der Waals surface area contributed by atoms with Crippen LogP contribution in [0.4, 0.5) is 8.78 Å². The zero-order valence-corrected chi connectivity index (χ0v) is 19.4. The molecule has 0 saturated carbocycles. The van der Waals surface area contributed by atoms with Crippen molar-refractivity contribution < 1.29 is 13.6 Å². The van der Waals surface area contributed by atoms with Gasteiger partial charge in [0.2, 0.25) is 5.91 Å². The summed E-state index contributed by atoms with van der Waals surface area (Å²) in [5.41, 5.74) is 1.43. The summed E-state index contributed by atoms with van der Waals surface area (Å²) >= 11 is 1.75. The van der Waals surface area contributed by atoms with Crippen molar-refractivity contribution in [2.45, 2.75) is 32.9 Å². The van der Waals surface area contributed by atoms with Crippen LogP contribution < -0.4 is 10.6 Å². The van der Waals surface area contributed by atoms with Crippen LogP contribution in [0.1, 0.15) is 29.3 Å². The Labute approximate surface area is 190 Å². The highest BCUT2D eigenvalue weighted by molar-refractivity contribution is 14.0. The lowest BCUT2D eigenvalue weighted by Crippen LogP contribution is -2.41. The second-order valence-corrected chi connectivity index (χ2v) is 7.54. The summed E-state index contributed by atoms with van der Waals surface area (Å²) in [5.74, 6) is -0.423. The third-order valence-corrected chi connectivity index (χ3v) is 5.57. The van der Waals surface area contributed by atoms with Gasteiger partial charge in [-0.3, -0.25) is 4.79 Å². The molecule has 158 valence electrons. The number of benzene rings is 1. The molecule has 2 N–H and O–H groups in total. The van der Waals surface area contributed by atoms with E-state index in [0.29, 0.717) is 32.0 Å². The Kier molecular flexibility index (Phi) is 9.28. The number of guanidine groups is 1. The molecule has 29 heavy (non-hydrogen) atoms. The molecule has 2 aromatic rings. The SMILES string of the molecule is CCNC(=NCc1cc(F)ccc1F)NCCC(=O)N1CCc2sccc2C1.I. The molecule has 9 heteroatoms. The second kappa shape index (κ2) is 11.4. The van der Waals surface area contributed by atoms with Gasteiger partial charge in [-0.15, -0.1) is 35.3 Å². The van der Waals surface area contributed by atoms with Crippen molar-refractivity contribution in [3.63, 3.8) is 0 Å². The van der Waals surface area contributed by atoms with Crippen molar-refractivity contribution in [3.8, 4) is 0 Å². The molecule has 0 radical (unpaired) electrons. The van der Waals surface area contributed by atoms with E-state index in [9.17, 15) is 13.6 Å². The number of thiophene rings is 1. The summed E-state index contributed by atoms with van der Waals surface area (Å²) in [4.78, 5) is 20.0. The van der Waals surface area contributed by atoms with E-state index in [2.05, 4.69) is 27.1 Å². The van der Waals surface area contributed by atoms with Gasteiger partial charge in [-0.1, -0.05) is 0 Å². The molecule has 1 aromatic carbocycles. The smallest absolute Gasteiger partial charge is 0.224 e. The molecule has 0 unspecified atom stereocenters. The fourth-order valence-electron chi connectivity index (χ4n) is 3.08. The summed E-state index contributed by atoms with van der Waals surface area (Å²) in [6.45, 7) is 4.39. The van der Waals surface area contributed by atoms with Gasteiger partial charge in [0.15, 0.2) is 5.96 Å². The van der Waals surface area contributed by atoms with Crippen LogP contribution in [0, 0.1) is 11.6 Å². The first-order valence-corrected chi connectivity index (χ1v) is 10.2. The van der Waals surface area contributed by atoms with Gasteiger partial charge in [0.25, 0.3) is 0 Å². The highest BCUT2D eigenvalue weighted by Gasteiger charge is 2.21. The lowest BCUT2D eigenvalue weighted by Gasteiger charge is -2.27. The van der Waals surface area contributed by atoms with Crippen LogP contribution in [0.15, 0.2) is 34.6 Å². The molecule has 0 aliphatic carbocycles. The number of hydrogen-bond donors (Lipinski definition) is 2. The molecule has 0 fully saturated rings. The zero-order valence-electron chi connectivity index (χ0n) is 16.2. The Hall–Kier alpha value is -1.75. The molecular weight excluding hydrogens is 509 g/mol. The van der Waals surface area contributed by atoms with Gasteiger partial charge in [0, 0.05) is 43.0 Å². The Morgan fingerprint density at radius 1 is 1.28 bits per heavy atom.